The molecular formula is C17H16N4OS. The van der Waals surface area contributed by atoms with Gasteiger partial charge in [-0.2, -0.15) is 5.10 Å². The molecule has 3 aromatic rings. The zero-order valence-electron chi connectivity index (χ0n) is 12.5. The normalized spacial score (nSPS) is 17.6. The van der Waals surface area contributed by atoms with Crippen molar-refractivity contribution in [1.29, 1.82) is 0 Å². The minimum atomic E-state index is 0.103. The predicted octanol–water partition coefficient (Wildman–Crippen LogP) is 3.31. The van der Waals surface area contributed by atoms with Crippen LogP contribution in [-0.2, 0) is 0 Å². The van der Waals surface area contributed by atoms with E-state index in [-0.39, 0.29) is 11.9 Å². The Morgan fingerprint density at radius 2 is 2.09 bits per heavy atom. The molecule has 1 aliphatic rings. The van der Waals surface area contributed by atoms with Crippen LogP contribution in [0.1, 0.15) is 34.1 Å². The number of aromatic nitrogens is 3. The number of hydrogen-bond donors (Lipinski definition) is 0. The largest absolute Gasteiger partial charge is 0.331 e. The summed E-state index contributed by atoms with van der Waals surface area (Å²) >= 11 is 1.72. The minimum absolute atomic E-state index is 0.103. The molecule has 0 N–H and O–H groups in total. The first-order valence-electron chi connectivity index (χ1n) is 7.62. The standard InChI is InChI=1S/C17H16N4OS/c22-17(20-9-1-3-15(20)16-4-2-10-23-16)13-5-7-14(8-6-13)21-12-18-11-19-21/h2,4-8,10-12,15H,1,3,9H2. The highest BCUT2D eigenvalue weighted by Crippen LogP contribution is 2.35. The quantitative estimate of drug-likeness (QED) is 0.743. The lowest BCUT2D eigenvalue weighted by Crippen LogP contribution is -2.30. The molecular weight excluding hydrogens is 308 g/mol. The van der Waals surface area contributed by atoms with Gasteiger partial charge in [0.25, 0.3) is 5.91 Å². The van der Waals surface area contributed by atoms with Crippen molar-refractivity contribution >= 4 is 17.2 Å². The van der Waals surface area contributed by atoms with Crippen LogP contribution < -0.4 is 0 Å². The Kier molecular flexibility index (Phi) is 3.67. The van der Waals surface area contributed by atoms with E-state index in [1.807, 2.05) is 35.2 Å². The van der Waals surface area contributed by atoms with Crippen LogP contribution in [0.2, 0.25) is 0 Å². The second kappa shape index (κ2) is 5.96. The summed E-state index contributed by atoms with van der Waals surface area (Å²) in [4.78, 5) is 20.1. The van der Waals surface area contributed by atoms with E-state index in [4.69, 9.17) is 0 Å². The van der Waals surface area contributed by atoms with Gasteiger partial charge in [-0.05, 0) is 48.6 Å². The summed E-state index contributed by atoms with van der Waals surface area (Å²) in [6.45, 7) is 0.826. The lowest BCUT2D eigenvalue weighted by atomic mass is 10.1. The Bertz CT molecular complexity index is 781. The van der Waals surface area contributed by atoms with Crippen molar-refractivity contribution in [3.05, 3.63) is 64.9 Å². The second-order valence-corrected chi connectivity index (χ2v) is 6.54. The molecule has 0 bridgehead atoms. The number of amides is 1. The lowest BCUT2D eigenvalue weighted by Gasteiger charge is -2.24. The lowest BCUT2D eigenvalue weighted by molar-refractivity contribution is 0.0738. The van der Waals surface area contributed by atoms with Crippen molar-refractivity contribution in [2.45, 2.75) is 18.9 Å². The molecule has 1 atom stereocenters. The molecule has 1 amide bonds. The van der Waals surface area contributed by atoms with Crippen molar-refractivity contribution < 1.29 is 4.79 Å². The van der Waals surface area contributed by atoms with E-state index in [2.05, 4.69) is 21.5 Å². The SMILES string of the molecule is O=C(c1ccc(-n2cncn2)cc1)N1CCCC1c1cccs1. The number of benzene rings is 1. The Morgan fingerprint density at radius 3 is 2.78 bits per heavy atom. The average Bonchev–Trinajstić information content (AvgIpc) is 3.35. The number of nitrogens with zero attached hydrogens (tertiary/aromatic N) is 4. The highest BCUT2D eigenvalue weighted by atomic mass is 32.1. The molecule has 4 rings (SSSR count). The third-order valence-electron chi connectivity index (χ3n) is 4.18. The molecule has 1 aromatic carbocycles. The first kappa shape index (κ1) is 14.1. The maximum absolute atomic E-state index is 12.8. The van der Waals surface area contributed by atoms with Crippen LogP contribution in [0.4, 0.5) is 0 Å². The Labute approximate surface area is 138 Å². The summed E-state index contributed by atoms with van der Waals surface area (Å²) in [6, 6.07) is 11.9. The number of carbonyl (C=O) groups is 1. The van der Waals surface area contributed by atoms with E-state index in [1.165, 1.54) is 11.2 Å². The predicted molar refractivity (Wildman–Crippen MR) is 88.7 cm³/mol. The minimum Gasteiger partial charge on any atom is -0.331 e. The highest BCUT2D eigenvalue weighted by Gasteiger charge is 2.31. The van der Waals surface area contributed by atoms with Crippen LogP contribution in [0.25, 0.3) is 5.69 Å². The van der Waals surface area contributed by atoms with E-state index in [0.717, 1.165) is 30.6 Å². The molecule has 6 heteroatoms. The number of hydrogen-bond acceptors (Lipinski definition) is 4. The molecule has 1 aliphatic heterocycles. The van der Waals surface area contributed by atoms with Gasteiger partial charge in [0, 0.05) is 17.0 Å². The number of carbonyl (C=O) groups excluding carboxylic acids is 1. The summed E-state index contributed by atoms with van der Waals surface area (Å²) in [6.07, 6.45) is 5.24. The van der Waals surface area contributed by atoms with E-state index in [9.17, 15) is 4.79 Å². The molecule has 0 saturated carbocycles. The van der Waals surface area contributed by atoms with Crippen molar-refractivity contribution in [2.24, 2.45) is 0 Å². The van der Waals surface area contributed by atoms with Crippen molar-refractivity contribution in [2.75, 3.05) is 6.54 Å². The topological polar surface area (TPSA) is 51.0 Å². The monoisotopic (exact) mass is 324 g/mol. The third-order valence-corrected chi connectivity index (χ3v) is 5.16. The molecule has 0 aliphatic carbocycles. The smallest absolute Gasteiger partial charge is 0.254 e. The van der Waals surface area contributed by atoms with E-state index in [1.54, 1.807) is 22.3 Å². The Balaban J connectivity index is 1.56. The molecule has 1 fully saturated rings. The van der Waals surface area contributed by atoms with E-state index in [0.29, 0.717) is 0 Å². The maximum atomic E-state index is 12.8. The van der Waals surface area contributed by atoms with Gasteiger partial charge in [-0.25, -0.2) is 9.67 Å². The maximum Gasteiger partial charge on any atom is 0.254 e. The van der Waals surface area contributed by atoms with Crippen LogP contribution in [0.3, 0.4) is 0 Å². The fraction of sp³-hybridized carbons (Fsp3) is 0.235. The molecule has 1 unspecified atom stereocenters. The van der Waals surface area contributed by atoms with Crippen LogP contribution in [0, 0.1) is 0 Å². The summed E-state index contributed by atoms with van der Waals surface area (Å²) in [7, 11) is 0. The van der Waals surface area contributed by atoms with Gasteiger partial charge >= 0.3 is 0 Å². The Hall–Kier alpha value is -2.47. The first-order valence-corrected chi connectivity index (χ1v) is 8.50. The summed E-state index contributed by atoms with van der Waals surface area (Å²) in [5, 5.41) is 6.17. The van der Waals surface area contributed by atoms with Crippen molar-refractivity contribution in [1.82, 2.24) is 19.7 Å². The zero-order chi connectivity index (χ0) is 15.6. The average molecular weight is 324 g/mol. The van der Waals surface area contributed by atoms with Gasteiger partial charge < -0.3 is 4.90 Å². The highest BCUT2D eigenvalue weighted by molar-refractivity contribution is 7.10. The molecule has 1 saturated heterocycles. The molecule has 2 aromatic heterocycles. The van der Waals surface area contributed by atoms with Crippen LogP contribution >= 0.6 is 11.3 Å². The second-order valence-electron chi connectivity index (χ2n) is 5.56. The van der Waals surface area contributed by atoms with Gasteiger partial charge in [0.15, 0.2) is 0 Å². The van der Waals surface area contributed by atoms with Gasteiger partial charge in [-0.15, -0.1) is 11.3 Å². The molecule has 23 heavy (non-hydrogen) atoms. The van der Waals surface area contributed by atoms with Crippen molar-refractivity contribution in [3.8, 4) is 5.69 Å². The number of thiophene rings is 1. The van der Waals surface area contributed by atoms with Crippen LogP contribution in [0.5, 0.6) is 0 Å². The van der Waals surface area contributed by atoms with Crippen LogP contribution in [-0.4, -0.2) is 32.1 Å². The van der Waals surface area contributed by atoms with Gasteiger partial charge in [0.1, 0.15) is 12.7 Å². The third kappa shape index (κ3) is 2.66. The van der Waals surface area contributed by atoms with Gasteiger partial charge in [-0.3, -0.25) is 4.79 Å². The molecule has 0 radical (unpaired) electrons. The summed E-state index contributed by atoms with van der Waals surface area (Å²) in [5.74, 6) is 0.103. The van der Waals surface area contributed by atoms with Crippen LogP contribution in [0.15, 0.2) is 54.4 Å². The molecule has 5 nitrogen and oxygen atoms in total. The first-order chi connectivity index (χ1) is 11.3. The van der Waals surface area contributed by atoms with E-state index < -0.39 is 0 Å². The van der Waals surface area contributed by atoms with Gasteiger partial charge in [0.05, 0.1) is 11.7 Å². The van der Waals surface area contributed by atoms with E-state index >= 15 is 0 Å². The number of likely N-dealkylation sites (tertiary alicyclic amines) is 1. The molecule has 3 heterocycles. The fourth-order valence-corrected chi connectivity index (χ4v) is 3.92. The van der Waals surface area contributed by atoms with Gasteiger partial charge in [0.2, 0.25) is 0 Å². The molecule has 0 spiro atoms. The Morgan fingerprint density at radius 1 is 1.22 bits per heavy atom. The number of rotatable bonds is 3. The van der Waals surface area contributed by atoms with Gasteiger partial charge in [-0.1, -0.05) is 6.07 Å². The fourth-order valence-electron chi connectivity index (χ4n) is 3.05. The summed E-state index contributed by atoms with van der Waals surface area (Å²) < 4.78 is 1.68. The molecule has 116 valence electrons. The summed E-state index contributed by atoms with van der Waals surface area (Å²) in [5.41, 5.74) is 1.62. The van der Waals surface area contributed by atoms with Crippen molar-refractivity contribution in [3.63, 3.8) is 0 Å². The zero-order valence-corrected chi connectivity index (χ0v) is 13.3.